The summed E-state index contributed by atoms with van der Waals surface area (Å²) in [7, 11) is 0. The summed E-state index contributed by atoms with van der Waals surface area (Å²) < 4.78 is 98.5. The van der Waals surface area contributed by atoms with Crippen molar-refractivity contribution in [1.82, 2.24) is 14.5 Å². The predicted octanol–water partition coefficient (Wildman–Crippen LogP) is 4.66. The highest BCUT2D eigenvalue weighted by molar-refractivity contribution is 5.97. The maximum Gasteiger partial charge on any atom is 0.573 e. The predicted molar refractivity (Wildman–Crippen MR) is 97.1 cm³/mol. The van der Waals surface area contributed by atoms with Gasteiger partial charge in [-0.25, -0.2) is 4.98 Å². The SMILES string of the molecule is [2H]C([2H])([2H])N1C(=O)c2cccc(OC(F)F)c2[C@H]2C[C@@H]1c1nc3ccc(OC(F)(F)F)cc3n12. The first-order valence-corrected chi connectivity index (χ1v) is 9.04. The van der Waals surface area contributed by atoms with Gasteiger partial charge >= 0.3 is 13.0 Å². The molecule has 2 atom stereocenters. The van der Waals surface area contributed by atoms with Crippen molar-refractivity contribution in [1.29, 1.82) is 0 Å². The van der Waals surface area contributed by atoms with Gasteiger partial charge in [0.05, 0.1) is 23.1 Å². The average molecular weight is 442 g/mol. The first kappa shape index (κ1) is 16.3. The van der Waals surface area contributed by atoms with E-state index >= 15 is 0 Å². The minimum Gasteiger partial charge on any atom is -0.434 e. The first-order valence-electron chi connectivity index (χ1n) is 10.5. The molecule has 5 rings (SSSR count). The van der Waals surface area contributed by atoms with Crippen LogP contribution in [0.3, 0.4) is 0 Å². The third kappa shape index (κ3) is 3.06. The number of aromatic nitrogens is 2. The molecule has 162 valence electrons. The smallest absolute Gasteiger partial charge is 0.434 e. The van der Waals surface area contributed by atoms with Gasteiger partial charge in [-0.3, -0.25) is 4.79 Å². The summed E-state index contributed by atoms with van der Waals surface area (Å²) in [6.45, 7) is -6.14. The van der Waals surface area contributed by atoms with Crippen LogP contribution in [0, 0.1) is 0 Å². The van der Waals surface area contributed by atoms with E-state index in [0.717, 1.165) is 12.1 Å². The second-order valence-corrected chi connectivity index (χ2v) is 7.08. The second kappa shape index (κ2) is 6.56. The van der Waals surface area contributed by atoms with Crippen LogP contribution in [-0.4, -0.2) is 40.3 Å². The zero-order valence-corrected chi connectivity index (χ0v) is 15.4. The Morgan fingerprint density at radius 3 is 2.74 bits per heavy atom. The quantitative estimate of drug-likeness (QED) is 0.554. The third-order valence-electron chi connectivity index (χ3n) is 5.35. The van der Waals surface area contributed by atoms with Crippen molar-refractivity contribution in [3.05, 3.63) is 53.3 Å². The standard InChI is InChI=1S/C20H14F5N3O3/c1-27-14-8-13(16-10(18(27)29)3-2-4-15(16)30-19(21)22)28-12-7-9(31-20(23,24)25)5-6-11(12)26-17(14)28/h2-7,13-14,19H,8H2,1H3/t13-,14-/m1/s1/i1D3. The Labute approximate surface area is 176 Å². The Bertz CT molecular complexity index is 1310. The summed E-state index contributed by atoms with van der Waals surface area (Å²) in [6, 6.07) is 5.19. The fourth-order valence-corrected chi connectivity index (χ4v) is 4.29. The Kier molecular flexibility index (Phi) is 3.46. The van der Waals surface area contributed by atoms with E-state index in [0.29, 0.717) is 4.90 Å². The molecule has 0 saturated carbocycles. The van der Waals surface area contributed by atoms with Gasteiger partial charge in [0.15, 0.2) is 0 Å². The molecule has 2 bridgehead atoms. The molecule has 0 unspecified atom stereocenters. The fourth-order valence-electron chi connectivity index (χ4n) is 4.29. The summed E-state index contributed by atoms with van der Waals surface area (Å²) in [4.78, 5) is 18.3. The van der Waals surface area contributed by atoms with Gasteiger partial charge in [-0.1, -0.05) is 6.07 Å². The Morgan fingerprint density at radius 2 is 2.03 bits per heavy atom. The third-order valence-corrected chi connectivity index (χ3v) is 5.35. The molecule has 0 fully saturated rings. The number of nitrogens with zero attached hydrogens (tertiary/aromatic N) is 3. The monoisotopic (exact) mass is 442 g/mol. The van der Waals surface area contributed by atoms with Crippen LogP contribution in [0.4, 0.5) is 22.0 Å². The van der Waals surface area contributed by atoms with E-state index in [1.807, 2.05) is 0 Å². The van der Waals surface area contributed by atoms with Crippen molar-refractivity contribution in [3.8, 4) is 11.5 Å². The summed E-state index contributed by atoms with van der Waals surface area (Å²) in [6.07, 6.45) is -5.01. The lowest BCUT2D eigenvalue weighted by molar-refractivity contribution is -0.274. The number of carbonyl (C=O) groups excluding carboxylic acids is 1. The van der Waals surface area contributed by atoms with E-state index in [1.165, 1.54) is 28.8 Å². The highest BCUT2D eigenvalue weighted by Crippen LogP contribution is 2.50. The molecule has 1 aromatic heterocycles. The lowest BCUT2D eigenvalue weighted by Gasteiger charge is -2.24. The number of hydrogen-bond acceptors (Lipinski definition) is 4. The summed E-state index contributed by atoms with van der Waals surface area (Å²) >= 11 is 0. The zero-order valence-electron chi connectivity index (χ0n) is 18.4. The molecule has 2 aromatic carbocycles. The van der Waals surface area contributed by atoms with Crippen molar-refractivity contribution in [3.63, 3.8) is 0 Å². The van der Waals surface area contributed by atoms with Gasteiger partial charge in [-0.05, 0) is 24.3 Å². The fraction of sp³-hybridized carbons (Fsp3) is 0.300. The van der Waals surface area contributed by atoms with Crippen LogP contribution in [0.2, 0.25) is 0 Å². The lowest BCUT2D eigenvalue weighted by Crippen LogP contribution is -2.30. The van der Waals surface area contributed by atoms with Gasteiger partial charge < -0.3 is 18.9 Å². The minimum absolute atomic E-state index is 0.00439. The number of amides is 1. The molecule has 0 aliphatic carbocycles. The van der Waals surface area contributed by atoms with Crippen LogP contribution in [0.15, 0.2) is 36.4 Å². The number of fused-ring (bicyclic) bond motifs is 9. The molecule has 2 aliphatic rings. The van der Waals surface area contributed by atoms with Crippen molar-refractivity contribution in [2.24, 2.45) is 0 Å². The average Bonchev–Trinajstić information content (AvgIpc) is 3.18. The molecular weight excluding hydrogens is 425 g/mol. The van der Waals surface area contributed by atoms with Crippen molar-refractivity contribution in [2.75, 3.05) is 6.98 Å². The summed E-state index contributed by atoms with van der Waals surface area (Å²) in [5, 5.41) is 0. The molecular formula is C20H14F5N3O3. The number of halogens is 5. The van der Waals surface area contributed by atoms with Crippen molar-refractivity contribution < 1.29 is 40.3 Å². The summed E-state index contributed by atoms with van der Waals surface area (Å²) in [5.74, 6) is -1.69. The molecule has 0 saturated heterocycles. The van der Waals surface area contributed by atoms with Crippen molar-refractivity contribution >= 4 is 16.9 Å². The van der Waals surface area contributed by atoms with E-state index in [9.17, 15) is 26.7 Å². The number of rotatable bonds is 3. The van der Waals surface area contributed by atoms with Gasteiger partial charge in [0.25, 0.3) is 5.91 Å². The van der Waals surface area contributed by atoms with E-state index < -0.39 is 43.7 Å². The Morgan fingerprint density at radius 1 is 1.23 bits per heavy atom. The van der Waals surface area contributed by atoms with E-state index in [-0.39, 0.29) is 40.2 Å². The number of alkyl halides is 5. The molecule has 3 heterocycles. The Balaban J connectivity index is 1.78. The van der Waals surface area contributed by atoms with Gasteiger partial charge in [0.1, 0.15) is 17.3 Å². The highest BCUT2D eigenvalue weighted by Gasteiger charge is 2.45. The second-order valence-electron chi connectivity index (χ2n) is 7.08. The van der Waals surface area contributed by atoms with Gasteiger partial charge in [-0.15, -0.1) is 13.2 Å². The number of imidazole rings is 1. The molecule has 0 spiro atoms. The van der Waals surface area contributed by atoms with Crippen LogP contribution in [0.1, 0.15) is 44.4 Å². The molecule has 6 nitrogen and oxygen atoms in total. The van der Waals surface area contributed by atoms with Gasteiger partial charge in [0.2, 0.25) is 0 Å². The first-order chi connectivity index (χ1) is 15.8. The molecule has 3 aromatic rings. The summed E-state index contributed by atoms with van der Waals surface area (Å²) in [5.41, 5.74) is 0.219. The molecule has 2 aliphatic heterocycles. The topological polar surface area (TPSA) is 56.6 Å². The van der Waals surface area contributed by atoms with Crippen LogP contribution in [0.25, 0.3) is 11.0 Å². The van der Waals surface area contributed by atoms with E-state index in [2.05, 4.69) is 14.5 Å². The van der Waals surface area contributed by atoms with E-state index in [4.69, 9.17) is 4.11 Å². The Hall–Kier alpha value is -3.37. The number of hydrogen-bond donors (Lipinski definition) is 0. The van der Waals surface area contributed by atoms with Gasteiger partial charge in [-0.2, -0.15) is 8.78 Å². The zero-order chi connectivity index (χ0) is 24.6. The van der Waals surface area contributed by atoms with Crippen LogP contribution in [-0.2, 0) is 0 Å². The van der Waals surface area contributed by atoms with Crippen LogP contribution >= 0.6 is 0 Å². The molecule has 0 N–H and O–H groups in total. The molecule has 31 heavy (non-hydrogen) atoms. The number of ether oxygens (including phenoxy) is 2. The highest BCUT2D eigenvalue weighted by atomic mass is 19.4. The molecule has 1 amide bonds. The van der Waals surface area contributed by atoms with Gasteiger partial charge in [0, 0.05) is 34.7 Å². The van der Waals surface area contributed by atoms with Crippen molar-refractivity contribution in [2.45, 2.75) is 31.5 Å². The van der Waals surface area contributed by atoms with Crippen LogP contribution < -0.4 is 9.47 Å². The molecule has 11 heteroatoms. The number of benzene rings is 2. The largest absolute Gasteiger partial charge is 0.573 e. The maximum absolute atomic E-state index is 13.3. The number of carbonyl (C=O) groups is 1. The minimum atomic E-state index is -4.95. The molecule has 0 radical (unpaired) electrons. The van der Waals surface area contributed by atoms with E-state index in [1.54, 1.807) is 0 Å². The normalized spacial score (nSPS) is 21.9. The van der Waals surface area contributed by atoms with Crippen LogP contribution in [0.5, 0.6) is 11.5 Å². The maximum atomic E-state index is 13.3. The lowest BCUT2D eigenvalue weighted by atomic mass is 9.97.